The van der Waals surface area contributed by atoms with Crippen LogP contribution in [0.15, 0.2) is 0 Å². The third kappa shape index (κ3) is 6.79. The lowest BCUT2D eigenvalue weighted by atomic mass is 10.5. The molecule has 0 fully saturated rings. The lowest BCUT2D eigenvalue weighted by molar-refractivity contribution is 0.212. The van der Waals surface area contributed by atoms with E-state index in [2.05, 4.69) is 12.2 Å². The number of nitrogens with one attached hydrogen (secondary N) is 1. The second kappa shape index (κ2) is 9.19. The van der Waals surface area contributed by atoms with Gasteiger partial charge in [0.25, 0.3) is 0 Å². The molecular formula is C8H21NO2Si. The van der Waals surface area contributed by atoms with Crippen molar-refractivity contribution < 1.29 is 8.85 Å². The average molecular weight is 191 g/mol. The highest BCUT2D eigenvalue weighted by atomic mass is 28.3. The smallest absolute Gasteiger partial charge is 0.335 e. The minimum absolute atomic E-state index is 0.769. The first kappa shape index (κ1) is 12.1. The van der Waals surface area contributed by atoms with Gasteiger partial charge in [0, 0.05) is 19.4 Å². The molecule has 0 aromatic carbocycles. The Kier molecular flexibility index (Phi) is 9.26. The van der Waals surface area contributed by atoms with Crippen LogP contribution in [0.5, 0.6) is 0 Å². The van der Waals surface area contributed by atoms with Crippen molar-refractivity contribution in [1.29, 1.82) is 0 Å². The van der Waals surface area contributed by atoms with Crippen LogP contribution in [-0.2, 0) is 8.85 Å². The van der Waals surface area contributed by atoms with Crippen molar-refractivity contribution >= 4 is 9.28 Å². The second-order valence-electron chi connectivity index (χ2n) is 2.54. The van der Waals surface area contributed by atoms with Crippen LogP contribution in [0.1, 0.15) is 27.2 Å². The third-order valence-corrected chi connectivity index (χ3v) is 3.48. The molecule has 0 atom stereocenters. The third-order valence-electron chi connectivity index (χ3n) is 1.44. The predicted octanol–water partition coefficient (Wildman–Crippen LogP) is 0.819. The van der Waals surface area contributed by atoms with E-state index in [1.165, 1.54) is 6.42 Å². The number of hydrogen-bond acceptors (Lipinski definition) is 3. The summed E-state index contributed by atoms with van der Waals surface area (Å²) in [5.41, 5.74) is 0. The highest BCUT2D eigenvalue weighted by Gasteiger charge is 2.09. The first-order valence-corrected chi connectivity index (χ1v) is 6.54. The van der Waals surface area contributed by atoms with E-state index in [0.717, 1.165) is 25.9 Å². The zero-order valence-corrected chi connectivity index (χ0v) is 9.58. The van der Waals surface area contributed by atoms with Crippen LogP contribution in [0.3, 0.4) is 0 Å². The number of hydrogen-bond donors (Lipinski definition) is 1. The first-order chi connectivity index (χ1) is 5.85. The first-order valence-electron chi connectivity index (χ1n) is 4.79. The van der Waals surface area contributed by atoms with Crippen molar-refractivity contribution in [1.82, 2.24) is 5.32 Å². The molecule has 0 amide bonds. The topological polar surface area (TPSA) is 30.5 Å². The lowest BCUT2D eigenvalue weighted by Gasteiger charge is -2.14. The summed E-state index contributed by atoms with van der Waals surface area (Å²) in [6.07, 6.45) is 2.09. The molecule has 0 aromatic rings. The van der Waals surface area contributed by atoms with Crippen LogP contribution < -0.4 is 5.32 Å². The summed E-state index contributed by atoms with van der Waals surface area (Å²) >= 11 is 0. The molecule has 1 N–H and O–H groups in total. The molecule has 0 unspecified atom stereocenters. The Morgan fingerprint density at radius 3 is 2.08 bits per heavy atom. The number of rotatable bonds is 8. The Morgan fingerprint density at radius 2 is 1.67 bits per heavy atom. The van der Waals surface area contributed by atoms with Gasteiger partial charge in [0.2, 0.25) is 0 Å². The standard InChI is InChI=1S/C8H21NO2Si/c1-4-7-9-8-12(10-5-2)11-6-3/h9,12H,4-8H2,1-3H3. The summed E-state index contributed by atoms with van der Waals surface area (Å²) in [7, 11) is -1.38. The zero-order chi connectivity index (χ0) is 9.23. The molecule has 3 nitrogen and oxygen atoms in total. The quantitative estimate of drug-likeness (QED) is 0.455. The zero-order valence-electron chi connectivity index (χ0n) is 8.43. The average Bonchev–Trinajstić information content (AvgIpc) is 2.06. The normalized spacial score (nSPS) is 11.0. The van der Waals surface area contributed by atoms with Crippen molar-refractivity contribution in [2.45, 2.75) is 27.2 Å². The van der Waals surface area contributed by atoms with Crippen LogP contribution in [0.4, 0.5) is 0 Å². The van der Waals surface area contributed by atoms with Crippen LogP contribution in [0.2, 0.25) is 0 Å². The predicted molar refractivity (Wildman–Crippen MR) is 53.6 cm³/mol. The van der Waals surface area contributed by atoms with Gasteiger partial charge in [-0.2, -0.15) is 0 Å². The van der Waals surface area contributed by atoms with Crippen LogP contribution in [-0.4, -0.2) is 35.2 Å². The minimum atomic E-state index is -1.38. The molecule has 0 rings (SSSR count). The molecule has 0 aliphatic heterocycles. The van der Waals surface area contributed by atoms with Gasteiger partial charge in [-0.3, -0.25) is 0 Å². The Labute approximate surface area is 77.3 Å². The highest BCUT2D eigenvalue weighted by molar-refractivity contribution is 6.44. The summed E-state index contributed by atoms with van der Waals surface area (Å²) in [5, 5.41) is 3.32. The van der Waals surface area contributed by atoms with Crippen molar-refractivity contribution in [3.05, 3.63) is 0 Å². The molecule has 0 heterocycles. The van der Waals surface area contributed by atoms with Gasteiger partial charge >= 0.3 is 9.28 Å². The molecule has 4 heteroatoms. The highest BCUT2D eigenvalue weighted by Crippen LogP contribution is 1.87. The molecule has 0 bridgehead atoms. The van der Waals surface area contributed by atoms with Crippen LogP contribution in [0, 0.1) is 0 Å². The van der Waals surface area contributed by atoms with Gasteiger partial charge in [-0.15, -0.1) is 0 Å². The summed E-state index contributed by atoms with van der Waals surface area (Å²) in [5.74, 6) is 0. The minimum Gasteiger partial charge on any atom is -0.396 e. The van der Waals surface area contributed by atoms with Gasteiger partial charge in [-0.05, 0) is 26.8 Å². The van der Waals surface area contributed by atoms with Gasteiger partial charge in [0.15, 0.2) is 0 Å². The van der Waals surface area contributed by atoms with Gasteiger partial charge in [0.05, 0.1) is 0 Å². The van der Waals surface area contributed by atoms with Crippen LogP contribution in [0.25, 0.3) is 0 Å². The van der Waals surface area contributed by atoms with Crippen LogP contribution >= 0.6 is 0 Å². The Hall–Kier alpha value is 0.0969. The molecule has 0 radical (unpaired) electrons. The molecule has 74 valence electrons. The van der Waals surface area contributed by atoms with Gasteiger partial charge in [-0.1, -0.05) is 6.92 Å². The summed E-state index contributed by atoms with van der Waals surface area (Å²) in [4.78, 5) is 0. The Morgan fingerprint density at radius 1 is 1.08 bits per heavy atom. The summed E-state index contributed by atoms with van der Waals surface area (Å²) < 4.78 is 11.0. The van der Waals surface area contributed by atoms with Crippen molar-refractivity contribution in [3.63, 3.8) is 0 Å². The van der Waals surface area contributed by atoms with Crippen molar-refractivity contribution in [2.75, 3.05) is 25.9 Å². The molecule has 0 saturated heterocycles. The van der Waals surface area contributed by atoms with E-state index >= 15 is 0 Å². The fourth-order valence-electron chi connectivity index (χ4n) is 0.934. The Bertz CT molecular complexity index is 87.1. The monoisotopic (exact) mass is 191 g/mol. The summed E-state index contributed by atoms with van der Waals surface area (Å²) in [6.45, 7) is 8.78. The SMILES string of the molecule is CCCNC[SiH](OCC)OCC. The maximum absolute atomic E-state index is 5.48. The Balaban J connectivity index is 3.34. The summed E-state index contributed by atoms with van der Waals surface area (Å²) in [6, 6.07) is 0. The van der Waals surface area contributed by atoms with E-state index in [4.69, 9.17) is 8.85 Å². The van der Waals surface area contributed by atoms with Crippen molar-refractivity contribution in [3.8, 4) is 0 Å². The van der Waals surface area contributed by atoms with E-state index in [1.807, 2.05) is 13.8 Å². The lowest BCUT2D eigenvalue weighted by Crippen LogP contribution is -2.36. The molecular weight excluding hydrogens is 170 g/mol. The molecule has 0 aliphatic rings. The maximum atomic E-state index is 5.48. The largest absolute Gasteiger partial charge is 0.396 e. The van der Waals surface area contributed by atoms with Gasteiger partial charge < -0.3 is 14.2 Å². The second-order valence-corrected chi connectivity index (χ2v) is 4.48. The fraction of sp³-hybridized carbons (Fsp3) is 1.00. The molecule has 0 aliphatic carbocycles. The van der Waals surface area contributed by atoms with E-state index in [9.17, 15) is 0 Å². The van der Waals surface area contributed by atoms with Gasteiger partial charge in [-0.25, -0.2) is 0 Å². The fourth-order valence-corrected chi connectivity index (χ4v) is 2.45. The van der Waals surface area contributed by atoms with E-state index in [0.29, 0.717) is 0 Å². The van der Waals surface area contributed by atoms with E-state index in [-0.39, 0.29) is 0 Å². The van der Waals surface area contributed by atoms with Gasteiger partial charge in [0.1, 0.15) is 0 Å². The van der Waals surface area contributed by atoms with E-state index < -0.39 is 9.28 Å². The van der Waals surface area contributed by atoms with Crippen molar-refractivity contribution in [2.24, 2.45) is 0 Å². The molecule has 0 spiro atoms. The molecule has 12 heavy (non-hydrogen) atoms. The maximum Gasteiger partial charge on any atom is 0.335 e. The molecule has 0 aromatic heterocycles. The van der Waals surface area contributed by atoms with E-state index in [1.54, 1.807) is 0 Å². The molecule has 0 saturated carbocycles.